The normalized spacial score (nSPS) is 10.0. The molecule has 0 saturated carbocycles. The Morgan fingerprint density at radius 1 is 1.26 bits per heavy atom. The second-order valence-corrected chi connectivity index (χ2v) is 4.02. The van der Waals surface area contributed by atoms with Gasteiger partial charge in [-0.2, -0.15) is 0 Å². The van der Waals surface area contributed by atoms with Gasteiger partial charge >= 0.3 is 0 Å². The number of hydrogen-bond acceptors (Lipinski definition) is 6. The van der Waals surface area contributed by atoms with Gasteiger partial charge in [-0.1, -0.05) is 0 Å². The van der Waals surface area contributed by atoms with Crippen LogP contribution in [0.5, 0.6) is 0 Å². The maximum absolute atomic E-state index is 11.8. The van der Waals surface area contributed by atoms with E-state index in [0.717, 1.165) is 5.69 Å². The van der Waals surface area contributed by atoms with Crippen molar-refractivity contribution in [2.75, 3.05) is 19.0 Å². The van der Waals surface area contributed by atoms with E-state index in [4.69, 9.17) is 0 Å². The lowest BCUT2D eigenvalue weighted by molar-refractivity contribution is 0.0945. The highest BCUT2D eigenvalue weighted by Gasteiger charge is 2.07. The van der Waals surface area contributed by atoms with Gasteiger partial charge < -0.3 is 10.2 Å². The molecule has 0 aliphatic rings. The topological polar surface area (TPSA) is 83.9 Å². The van der Waals surface area contributed by atoms with Crippen molar-refractivity contribution in [1.82, 2.24) is 25.3 Å². The number of anilines is 1. The zero-order chi connectivity index (χ0) is 13.7. The largest absolute Gasteiger partial charge is 0.347 e. The highest BCUT2D eigenvalue weighted by Crippen LogP contribution is 2.03. The van der Waals surface area contributed by atoms with Crippen LogP contribution < -0.4 is 10.2 Å². The third-order valence-corrected chi connectivity index (χ3v) is 2.33. The van der Waals surface area contributed by atoms with E-state index >= 15 is 0 Å². The molecule has 0 aromatic carbocycles. The summed E-state index contributed by atoms with van der Waals surface area (Å²) in [5, 5.41) is 2.73. The standard InChI is InChI=1S/C12H14N6O/c1-18(2)12-15-4-3-9(17-12)7-16-11(19)10-8-13-5-6-14-10/h3-6,8H,7H2,1-2H3,(H,16,19). The van der Waals surface area contributed by atoms with Crippen LogP contribution in [0.3, 0.4) is 0 Å². The number of aromatic nitrogens is 4. The summed E-state index contributed by atoms with van der Waals surface area (Å²) in [6.45, 7) is 0.318. The predicted octanol–water partition coefficient (Wildman–Crippen LogP) is 0.263. The van der Waals surface area contributed by atoms with Crippen LogP contribution in [0, 0.1) is 0 Å². The summed E-state index contributed by atoms with van der Waals surface area (Å²) in [5.41, 5.74) is 1.01. The summed E-state index contributed by atoms with van der Waals surface area (Å²) in [6, 6.07) is 1.75. The van der Waals surface area contributed by atoms with E-state index in [-0.39, 0.29) is 11.6 Å². The van der Waals surface area contributed by atoms with E-state index in [2.05, 4.69) is 25.3 Å². The van der Waals surface area contributed by atoms with Gasteiger partial charge in [0, 0.05) is 32.7 Å². The summed E-state index contributed by atoms with van der Waals surface area (Å²) in [6.07, 6.45) is 6.07. The molecule has 19 heavy (non-hydrogen) atoms. The summed E-state index contributed by atoms with van der Waals surface area (Å²) < 4.78 is 0. The fourth-order valence-corrected chi connectivity index (χ4v) is 1.38. The van der Waals surface area contributed by atoms with Gasteiger partial charge in [-0.05, 0) is 6.07 Å². The van der Waals surface area contributed by atoms with Gasteiger partial charge in [-0.15, -0.1) is 0 Å². The molecule has 2 aromatic rings. The Kier molecular flexibility index (Phi) is 3.97. The minimum Gasteiger partial charge on any atom is -0.347 e. The first kappa shape index (κ1) is 12.9. The molecule has 0 atom stereocenters. The highest BCUT2D eigenvalue weighted by atomic mass is 16.1. The van der Waals surface area contributed by atoms with Gasteiger partial charge in [0.05, 0.1) is 18.4 Å². The average molecular weight is 258 g/mol. The van der Waals surface area contributed by atoms with E-state index in [1.165, 1.54) is 18.6 Å². The van der Waals surface area contributed by atoms with Crippen molar-refractivity contribution in [3.8, 4) is 0 Å². The molecular formula is C12H14N6O. The summed E-state index contributed by atoms with van der Waals surface area (Å²) in [4.78, 5) is 29.7. The van der Waals surface area contributed by atoms with Gasteiger partial charge in [0.15, 0.2) is 0 Å². The molecule has 0 bridgehead atoms. The second kappa shape index (κ2) is 5.85. The highest BCUT2D eigenvalue weighted by molar-refractivity contribution is 5.91. The van der Waals surface area contributed by atoms with Crippen molar-refractivity contribution in [2.45, 2.75) is 6.54 Å². The Morgan fingerprint density at radius 3 is 2.79 bits per heavy atom. The van der Waals surface area contributed by atoms with Crippen molar-refractivity contribution in [3.05, 3.63) is 42.2 Å². The van der Waals surface area contributed by atoms with E-state index in [0.29, 0.717) is 12.5 Å². The SMILES string of the molecule is CN(C)c1nccc(CNC(=O)c2cnccn2)n1. The van der Waals surface area contributed by atoms with Crippen molar-refractivity contribution in [2.24, 2.45) is 0 Å². The Hall–Kier alpha value is -2.57. The Morgan fingerprint density at radius 2 is 2.11 bits per heavy atom. The monoisotopic (exact) mass is 258 g/mol. The van der Waals surface area contributed by atoms with E-state index in [1.807, 2.05) is 14.1 Å². The zero-order valence-corrected chi connectivity index (χ0v) is 10.7. The fraction of sp³-hybridized carbons (Fsp3) is 0.250. The smallest absolute Gasteiger partial charge is 0.271 e. The third-order valence-electron chi connectivity index (χ3n) is 2.33. The first-order chi connectivity index (χ1) is 9.16. The predicted molar refractivity (Wildman–Crippen MR) is 69.6 cm³/mol. The molecule has 7 heteroatoms. The number of hydrogen-bond donors (Lipinski definition) is 1. The molecular weight excluding hydrogens is 244 g/mol. The number of nitrogens with zero attached hydrogens (tertiary/aromatic N) is 5. The minimum atomic E-state index is -0.280. The summed E-state index contributed by atoms with van der Waals surface area (Å²) in [5.74, 6) is 0.323. The molecule has 98 valence electrons. The van der Waals surface area contributed by atoms with Crippen molar-refractivity contribution >= 4 is 11.9 Å². The van der Waals surface area contributed by atoms with Crippen LogP contribution in [0.25, 0.3) is 0 Å². The lowest BCUT2D eigenvalue weighted by atomic mass is 10.3. The molecule has 1 N–H and O–H groups in total. The van der Waals surface area contributed by atoms with Crippen LogP contribution in [0.2, 0.25) is 0 Å². The molecule has 0 spiro atoms. The number of carbonyl (C=O) groups excluding carboxylic acids is 1. The molecule has 1 amide bonds. The van der Waals surface area contributed by atoms with Crippen molar-refractivity contribution in [1.29, 1.82) is 0 Å². The first-order valence-corrected chi connectivity index (χ1v) is 5.70. The van der Waals surface area contributed by atoms with Crippen LogP contribution in [0.15, 0.2) is 30.9 Å². The average Bonchev–Trinajstić information content (AvgIpc) is 2.46. The van der Waals surface area contributed by atoms with E-state index in [9.17, 15) is 4.79 Å². The van der Waals surface area contributed by atoms with Gasteiger partial charge in [0.1, 0.15) is 5.69 Å². The van der Waals surface area contributed by atoms with E-state index < -0.39 is 0 Å². The Balaban J connectivity index is 1.99. The molecule has 7 nitrogen and oxygen atoms in total. The molecule has 2 aromatic heterocycles. The number of rotatable bonds is 4. The quantitative estimate of drug-likeness (QED) is 0.847. The Labute approximate surface area is 110 Å². The number of amides is 1. The van der Waals surface area contributed by atoms with Crippen LogP contribution in [-0.2, 0) is 6.54 Å². The van der Waals surface area contributed by atoms with Crippen LogP contribution in [0.4, 0.5) is 5.95 Å². The summed E-state index contributed by atoms with van der Waals surface area (Å²) in [7, 11) is 3.72. The Bertz CT molecular complexity index is 557. The zero-order valence-electron chi connectivity index (χ0n) is 10.7. The third kappa shape index (κ3) is 3.44. The van der Waals surface area contributed by atoms with Crippen LogP contribution in [0.1, 0.15) is 16.2 Å². The molecule has 0 aliphatic carbocycles. The molecule has 0 saturated heterocycles. The van der Waals surface area contributed by atoms with Gasteiger partial charge in [0.25, 0.3) is 5.91 Å². The molecule has 0 radical (unpaired) electrons. The molecule has 0 unspecified atom stereocenters. The summed E-state index contributed by atoms with van der Waals surface area (Å²) >= 11 is 0. The number of nitrogens with one attached hydrogen (secondary N) is 1. The van der Waals surface area contributed by atoms with Gasteiger partial charge in [-0.25, -0.2) is 15.0 Å². The number of carbonyl (C=O) groups is 1. The molecule has 2 heterocycles. The fourth-order valence-electron chi connectivity index (χ4n) is 1.38. The molecule has 0 aliphatic heterocycles. The van der Waals surface area contributed by atoms with Gasteiger partial charge in [0.2, 0.25) is 5.95 Å². The molecule has 2 rings (SSSR count). The van der Waals surface area contributed by atoms with Crippen molar-refractivity contribution < 1.29 is 4.79 Å². The van der Waals surface area contributed by atoms with Crippen molar-refractivity contribution in [3.63, 3.8) is 0 Å². The van der Waals surface area contributed by atoms with Crippen LogP contribution >= 0.6 is 0 Å². The van der Waals surface area contributed by atoms with Gasteiger partial charge in [-0.3, -0.25) is 9.78 Å². The second-order valence-electron chi connectivity index (χ2n) is 4.02. The molecule has 0 fully saturated rings. The van der Waals surface area contributed by atoms with E-state index in [1.54, 1.807) is 17.2 Å². The lowest BCUT2D eigenvalue weighted by Gasteiger charge is -2.10. The maximum Gasteiger partial charge on any atom is 0.271 e. The lowest BCUT2D eigenvalue weighted by Crippen LogP contribution is -2.25. The van der Waals surface area contributed by atoms with Crippen LogP contribution in [-0.4, -0.2) is 39.9 Å². The first-order valence-electron chi connectivity index (χ1n) is 5.70. The minimum absolute atomic E-state index is 0.280. The maximum atomic E-state index is 11.8.